The Bertz CT molecular complexity index is 525. The van der Waals surface area contributed by atoms with E-state index >= 15 is 0 Å². The molecule has 1 unspecified atom stereocenters. The third-order valence-electron chi connectivity index (χ3n) is 2.29. The molecule has 1 heterocycles. The molecule has 0 fully saturated rings. The molecule has 2 rings (SSSR count). The average molecular weight is 258 g/mol. The minimum Gasteiger partial charge on any atom is -0.248 e. The summed E-state index contributed by atoms with van der Waals surface area (Å²) >= 11 is 5.84. The van der Waals surface area contributed by atoms with Crippen molar-refractivity contribution in [3.63, 3.8) is 0 Å². The lowest BCUT2D eigenvalue weighted by atomic mass is 10.2. The first kappa shape index (κ1) is 12.0. The Morgan fingerprint density at radius 1 is 1.35 bits per heavy atom. The van der Waals surface area contributed by atoms with Crippen LogP contribution in [0.15, 0.2) is 24.4 Å². The van der Waals surface area contributed by atoms with Crippen molar-refractivity contribution in [3.05, 3.63) is 47.3 Å². The van der Waals surface area contributed by atoms with Crippen molar-refractivity contribution in [2.24, 2.45) is 0 Å². The largest absolute Gasteiger partial charge is 0.248 e. The summed E-state index contributed by atoms with van der Waals surface area (Å²) in [5, 5.41) is 7.49. The molecule has 2 aromatic rings. The van der Waals surface area contributed by atoms with Gasteiger partial charge in [0.25, 0.3) is 0 Å². The Morgan fingerprint density at radius 3 is 2.71 bits per heavy atom. The van der Waals surface area contributed by atoms with Gasteiger partial charge >= 0.3 is 0 Å². The summed E-state index contributed by atoms with van der Waals surface area (Å²) < 4.78 is 27.2. The highest BCUT2D eigenvalue weighted by molar-refractivity contribution is 6.20. The van der Waals surface area contributed by atoms with Crippen LogP contribution < -0.4 is 0 Å². The summed E-state index contributed by atoms with van der Waals surface area (Å²) in [7, 11) is 0. The van der Waals surface area contributed by atoms with Crippen LogP contribution in [-0.4, -0.2) is 15.0 Å². The number of alkyl halides is 1. The molecule has 0 aliphatic rings. The molecule has 3 nitrogen and oxygen atoms in total. The van der Waals surface area contributed by atoms with E-state index in [1.807, 2.05) is 0 Å². The molecule has 0 aliphatic heterocycles. The maximum absolute atomic E-state index is 13.0. The van der Waals surface area contributed by atoms with Crippen LogP contribution in [0, 0.1) is 11.6 Å². The smallest absolute Gasteiger partial charge is 0.159 e. The lowest BCUT2D eigenvalue weighted by molar-refractivity contribution is 0.505. The van der Waals surface area contributed by atoms with E-state index in [4.69, 9.17) is 11.6 Å². The highest BCUT2D eigenvalue weighted by Gasteiger charge is 2.08. The van der Waals surface area contributed by atoms with Crippen LogP contribution >= 0.6 is 11.6 Å². The van der Waals surface area contributed by atoms with Crippen molar-refractivity contribution >= 4 is 11.6 Å². The van der Waals surface area contributed by atoms with Gasteiger partial charge in [-0.15, -0.1) is 16.7 Å². The van der Waals surface area contributed by atoms with Crippen molar-refractivity contribution in [1.29, 1.82) is 0 Å². The minimum atomic E-state index is -0.867. The van der Waals surface area contributed by atoms with Gasteiger partial charge in [-0.25, -0.2) is 13.5 Å². The first-order chi connectivity index (χ1) is 8.06. The van der Waals surface area contributed by atoms with E-state index in [1.165, 1.54) is 10.7 Å². The molecule has 1 aromatic carbocycles. The van der Waals surface area contributed by atoms with Crippen LogP contribution in [0.3, 0.4) is 0 Å². The van der Waals surface area contributed by atoms with Crippen molar-refractivity contribution in [3.8, 4) is 0 Å². The van der Waals surface area contributed by atoms with Gasteiger partial charge < -0.3 is 0 Å². The Morgan fingerprint density at radius 2 is 2.12 bits per heavy atom. The standard InChI is InChI=1S/C11H10ClF2N3/c1-7(12)11-6-17(16-15-11)5-8-2-3-9(13)10(14)4-8/h2-4,6-7H,5H2,1H3. The summed E-state index contributed by atoms with van der Waals surface area (Å²) in [5.41, 5.74) is 1.26. The van der Waals surface area contributed by atoms with E-state index in [0.29, 0.717) is 17.8 Å². The van der Waals surface area contributed by atoms with Gasteiger partial charge in [0.05, 0.1) is 18.1 Å². The Balaban J connectivity index is 2.16. The van der Waals surface area contributed by atoms with E-state index < -0.39 is 11.6 Å². The van der Waals surface area contributed by atoms with E-state index in [2.05, 4.69) is 10.3 Å². The topological polar surface area (TPSA) is 30.7 Å². The predicted molar refractivity (Wildman–Crippen MR) is 59.8 cm³/mol. The maximum atomic E-state index is 13.0. The number of hydrogen-bond donors (Lipinski definition) is 0. The van der Waals surface area contributed by atoms with Crippen LogP contribution in [0.5, 0.6) is 0 Å². The van der Waals surface area contributed by atoms with Crippen LogP contribution in [-0.2, 0) is 6.54 Å². The van der Waals surface area contributed by atoms with E-state index in [9.17, 15) is 8.78 Å². The minimum absolute atomic E-state index is 0.228. The molecular formula is C11H10ClF2N3. The van der Waals surface area contributed by atoms with E-state index in [-0.39, 0.29) is 5.38 Å². The second-order valence-electron chi connectivity index (χ2n) is 3.71. The molecule has 0 spiro atoms. The third kappa shape index (κ3) is 2.79. The second-order valence-corrected chi connectivity index (χ2v) is 4.36. The van der Waals surface area contributed by atoms with Crippen LogP contribution in [0.4, 0.5) is 8.78 Å². The fraction of sp³-hybridized carbons (Fsp3) is 0.273. The fourth-order valence-electron chi connectivity index (χ4n) is 1.40. The molecule has 90 valence electrons. The lowest BCUT2D eigenvalue weighted by Crippen LogP contribution is -2.01. The van der Waals surface area contributed by atoms with Gasteiger partial charge in [-0.05, 0) is 24.6 Å². The molecule has 0 bridgehead atoms. The zero-order chi connectivity index (χ0) is 12.4. The fourth-order valence-corrected chi connectivity index (χ4v) is 1.50. The van der Waals surface area contributed by atoms with Gasteiger partial charge in [0.15, 0.2) is 11.6 Å². The zero-order valence-corrected chi connectivity index (χ0v) is 9.83. The maximum Gasteiger partial charge on any atom is 0.159 e. The van der Waals surface area contributed by atoms with Gasteiger partial charge in [0.2, 0.25) is 0 Å². The molecular weight excluding hydrogens is 248 g/mol. The molecule has 0 saturated heterocycles. The summed E-state index contributed by atoms with van der Waals surface area (Å²) in [5.74, 6) is -1.73. The Labute approximate surface area is 102 Å². The second kappa shape index (κ2) is 4.79. The molecule has 0 N–H and O–H groups in total. The number of aromatic nitrogens is 3. The van der Waals surface area contributed by atoms with Gasteiger partial charge in [-0.2, -0.15) is 0 Å². The van der Waals surface area contributed by atoms with Crippen LogP contribution in [0.25, 0.3) is 0 Å². The van der Waals surface area contributed by atoms with Crippen LogP contribution in [0.1, 0.15) is 23.6 Å². The summed E-state index contributed by atoms with van der Waals surface area (Å²) in [6, 6.07) is 3.73. The van der Waals surface area contributed by atoms with Gasteiger partial charge in [0, 0.05) is 0 Å². The molecule has 0 amide bonds. The highest BCUT2D eigenvalue weighted by atomic mass is 35.5. The highest BCUT2D eigenvalue weighted by Crippen LogP contribution is 2.16. The zero-order valence-electron chi connectivity index (χ0n) is 9.07. The monoisotopic (exact) mass is 257 g/mol. The number of nitrogens with zero attached hydrogens (tertiary/aromatic N) is 3. The lowest BCUT2D eigenvalue weighted by Gasteiger charge is -2.01. The van der Waals surface area contributed by atoms with Crippen LogP contribution in [0.2, 0.25) is 0 Å². The van der Waals surface area contributed by atoms with Crippen molar-refractivity contribution in [2.45, 2.75) is 18.8 Å². The molecule has 1 atom stereocenters. The molecule has 0 saturated carbocycles. The van der Waals surface area contributed by atoms with Gasteiger partial charge in [0.1, 0.15) is 5.69 Å². The predicted octanol–water partition coefficient (Wildman–Crippen LogP) is 2.90. The van der Waals surface area contributed by atoms with Gasteiger partial charge in [-0.1, -0.05) is 11.3 Å². The normalized spacial score (nSPS) is 12.7. The quantitative estimate of drug-likeness (QED) is 0.792. The van der Waals surface area contributed by atoms with Crippen molar-refractivity contribution in [1.82, 2.24) is 15.0 Å². The van der Waals surface area contributed by atoms with E-state index in [1.54, 1.807) is 13.1 Å². The first-order valence-electron chi connectivity index (χ1n) is 5.04. The first-order valence-corrected chi connectivity index (χ1v) is 5.48. The summed E-state index contributed by atoms with van der Waals surface area (Å²) in [4.78, 5) is 0. The van der Waals surface area contributed by atoms with Crippen molar-refractivity contribution < 1.29 is 8.78 Å². The Hall–Kier alpha value is -1.49. The average Bonchev–Trinajstić information content (AvgIpc) is 2.72. The molecule has 0 radical (unpaired) electrons. The molecule has 6 heteroatoms. The number of halogens is 3. The van der Waals surface area contributed by atoms with Gasteiger partial charge in [-0.3, -0.25) is 0 Å². The molecule has 17 heavy (non-hydrogen) atoms. The number of rotatable bonds is 3. The third-order valence-corrected chi connectivity index (χ3v) is 2.52. The van der Waals surface area contributed by atoms with Crippen molar-refractivity contribution in [2.75, 3.05) is 0 Å². The van der Waals surface area contributed by atoms with E-state index in [0.717, 1.165) is 12.1 Å². The SMILES string of the molecule is CC(Cl)c1cn(Cc2ccc(F)c(F)c2)nn1. The number of hydrogen-bond acceptors (Lipinski definition) is 2. The number of benzene rings is 1. The molecule has 1 aromatic heterocycles. The molecule has 0 aliphatic carbocycles. The summed E-state index contributed by atoms with van der Waals surface area (Å²) in [6.45, 7) is 2.11. The summed E-state index contributed by atoms with van der Waals surface area (Å²) in [6.07, 6.45) is 1.68. The Kier molecular flexibility index (Phi) is 3.38.